The molecule has 0 radical (unpaired) electrons. The SMILES string of the molecule is CCCCNC(=O)COc1c(Br)cc(N)cc1Br. The Bertz CT molecular complexity index is 402. The maximum atomic E-state index is 11.5. The number of hydrogen-bond acceptors (Lipinski definition) is 3. The van der Waals surface area contributed by atoms with Crippen LogP contribution in [-0.2, 0) is 4.79 Å². The van der Waals surface area contributed by atoms with Gasteiger partial charge in [0, 0.05) is 12.2 Å². The number of carbonyl (C=O) groups is 1. The van der Waals surface area contributed by atoms with Crippen LogP contribution < -0.4 is 15.8 Å². The highest BCUT2D eigenvalue weighted by atomic mass is 79.9. The number of carbonyl (C=O) groups excluding carboxylic acids is 1. The highest BCUT2D eigenvalue weighted by Gasteiger charge is 2.10. The smallest absolute Gasteiger partial charge is 0.257 e. The Morgan fingerprint density at radius 1 is 1.39 bits per heavy atom. The molecule has 18 heavy (non-hydrogen) atoms. The molecule has 1 aromatic rings. The molecule has 0 saturated heterocycles. The van der Waals surface area contributed by atoms with Crippen molar-refractivity contribution in [1.29, 1.82) is 0 Å². The molecule has 1 aromatic carbocycles. The number of benzene rings is 1. The lowest BCUT2D eigenvalue weighted by Crippen LogP contribution is -2.29. The van der Waals surface area contributed by atoms with Gasteiger partial charge in [0.1, 0.15) is 5.75 Å². The Morgan fingerprint density at radius 3 is 2.56 bits per heavy atom. The van der Waals surface area contributed by atoms with Crippen molar-refractivity contribution >= 4 is 43.5 Å². The summed E-state index contributed by atoms with van der Waals surface area (Å²) < 4.78 is 6.89. The number of hydrogen-bond donors (Lipinski definition) is 2. The molecule has 6 heteroatoms. The van der Waals surface area contributed by atoms with Gasteiger partial charge in [-0.3, -0.25) is 4.79 Å². The lowest BCUT2D eigenvalue weighted by molar-refractivity contribution is -0.123. The van der Waals surface area contributed by atoms with E-state index in [-0.39, 0.29) is 12.5 Å². The molecule has 4 nitrogen and oxygen atoms in total. The summed E-state index contributed by atoms with van der Waals surface area (Å²) in [6, 6.07) is 3.46. The normalized spacial score (nSPS) is 10.2. The zero-order valence-electron chi connectivity index (χ0n) is 10.1. The Balaban J connectivity index is 2.51. The molecule has 0 bridgehead atoms. The predicted molar refractivity (Wildman–Crippen MR) is 79.7 cm³/mol. The van der Waals surface area contributed by atoms with Gasteiger partial charge in [-0.25, -0.2) is 0 Å². The fraction of sp³-hybridized carbons (Fsp3) is 0.417. The Labute approximate surface area is 124 Å². The summed E-state index contributed by atoms with van der Waals surface area (Å²) in [5.74, 6) is 0.453. The van der Waals surface area contributed by atoms with E-state index in [2.05, 4.69) is 44.1 Å². The first-order chi connectivity index (χ1) is 8.54. The molecule has 3 N–H and O–H groups in total. The van der Waals surface area contributed by atoms with Crippen molar-refractivity contribution in [1.82, 2.24) is 5.32 Å². The molecule has 0 aliphatic rings. The molecule has 0 aromatic heterocycles. The van der Waals surface area contributed by atoms with Crippen molar-refractivity contribution in [3.63, 3.8) is 0 Å². The summed E-state index contributed by atoms with van der Waals surface area (Å²) in [6.07, 6.45) is 2.02. The standard InChI is InChI=1S/C12H16Br2N2O2/c1-2-3-4-16-11(17)7-18-12-9(13)5-8(15)6-10(12)14/h5-6H,2-4,7,15H2,1H3,(H,16,17). The lowest BCUT2D eigenvalue weighted by Gasteiger charge is -2.11. The molecule has 0 saturated carbocycles. The molecule has 1 amide bonds. The third-order valence-corrected chi connectivity index (χ3v) is 3.40. The summed E-state index contributed by atoms with van der Waals surface area (Å²) in [6.45, 7) is 2.75. The minimum atomic E-state index is -0.126. The van der Waals surface area contributed by atoms with Crippen LogP contribution in [0.4, 0.5) is 5.69 Å². The van der Waals surface area contributed by atoms with E-state index >= 15 is 0 Å². The van der Waals surface area contributed by atoms with Crippen LogP contribution in [0.25, 0.3) is 0 Å². The second-order valence-corrected chi connectivity index (χ2v) is 5.51. The van der Waals surface area contributed by atoms with Gasteiger partial charge in [-0.1, -0.05) is 13.3 Å². The zero-order valence-corrected chi connectivity index (χ0v) is 13.3. The molecule has 0 atom stereocenters. The number of halogens is 2. The summed E-state index contributed by atoms with van der Waals surface area (Å²) in [4.78, 5) is 11.5. The van der Waals surface area contributed by atoms with Crippen LogP contribution in [0, 0.1) is 0 Å². The van der Waals surface area contributed by atoms with E-state index in [1.165, 1.54) is 0 Å². The number of anilines is 1. The highest BCUT2D eigenvalue weighted by Crippen LogP contribution is 2.35. The highest BCUT2D eigenvalue weighted by molar-refractivity contribution is 9.11. The second kappa shape index (κ2) is 7.63. The van der Waals surface area contributed by atoms with Crippen molar-refractivity contribution < 1.29 is 9.53 Å². The van der Waals surface area contributed by atoms with Crippen molar-refractivity contribution in [2.75, 3.05) is 18.9 Å². The predicted octanol–water partition coefficient (Wildman–Crippen LogP) is 3.09. The minimum absolute atomic E-state index is 0.00909. The average molecular weight is 380 g/mol. The number of ether oxygens (including phenoxy) is 1. The maximum absolute atomic E-state index is 11.5. The van der Waals surface area contributed by atoms with Crippen molar-refractivity contribution in [2.45, 2.75) is 19.8 Å². The van der Waals surface area contributed by atoms with Crippen molar-refractivity contribution in [2.24, 2.45) is 0 Å². The first kappa shape index (κ1) is 15.3. The van der Waals surface area contributed by atoms with Gasteiger partial charge < -0.3 is 15.8 Å². The van der Waals surface area contributed by atoms with E-state index in [1.54, 1.807) is 12.1 Å². The number of rotatable bonds is 6. The quantitative estimate of drug-likeness (QED) is 0.589. The Kier molecular flexibility index (Phi) is 6.49. The van der Waals surface area contributed by atoms with Crippen LogP contribution in [0.5, 0.6) is 5.75 Å². The van der Waals surface area contributed by atoms with E-state index in [4.69, 9.17) is 10.5 Å². The van der Waals surface area contributed by atoms with E-state index in [9.17, 15) is 4.79 Å². The van der Waals surface area contributed by atoms with Crippen LogP contribution >= 0.6 is 31.9 Å². The van der Waals surface area contributed by atoms with Gasteiger partial charge in [0.2, 0.25) is 0 Å². The molecular weight excluding hydrogens is 364 g/mol. The first-order valence-corrected chi connectivity index (χ1v) is 7.27. The van der Waals surface area contributed by atoms with E-state index in [1.807, 2.05) is 0 Å². The summed E-state index contributed by atoms with van der Waals surface area (Å²) in [5, 5.41) is 2.78. The maximum Gasteiger partial charge on any atom is 0.257 e. The minimum Gasteiger partial charge on any atom is -0.481 e. The largest absolute Gasteiger partial charge is 0.481 e. The number of nitrogen functional groups attached to an aromatic ring is 1. The number of amides is 1. The second-order valence-electron chi connectivity index (χ2n) is 3.81. The van der Waals surface area contributed by atoms with Crippen molar-refractivity contribution in [3.05, 3.63) is 21.1 Å². The van der Waals surface area contributed by atoms with Gasteiger partial charge in [-0.15, -0.1) is 0 Å². The molecule has 0 unspecified atom stereocenters. The number of unbranched alkanes of at least 4 members (excludes halogenated alkanes) is 1. The fourth-order valence-corrected chi connectivity index (χ4v) is 2.76. The van der Waals surface area contributed by atoms with Crippen LogP contribution in [0.2, 0.25) is 0 Å². The van der Waals surface area contributed by atoms with Crippen LogP contribution in [0.3, 0.4) is 0 Å². The molecular formula is C12H16Br2N2O2. The Hall–Kier alpha value is -0.750. The first-order valence-electron chi connectivity index (χ1n) is 5.68. The summed E-state index contributed by atoms with van der Waals surface area (Å²) >= 11 is 6.69. The van der Waals surface area contributed by atoms with Gasteiger partial charge >= 0.3 is 0 Å². The van der Waals surface area contributed by atoms with Crippen LogP contribution in [-0.4, -0.2) is 19.1 Å². The summed E-state index contributed by atoms with van der Waals surface area (Å²) in [7, 11) is 0. The lowest BCUT2D eigenvalue weighted by atomic mass is 10.3. The molecule has 1 rings (SSSR count). The monoisotopic (exact) mass is 378 g/mol. The van der Waals surface area contributed by atoms with E-state index in [0.29, 0.717) is 18.0 Å². The number of nitrogens with two attached hydrogens (primary N) is 1. The Morgan fingerprint density at radius 2 is 2.00 bits per heavy atom. The average Bonchev–Trinajstić information content (AvgIpc) is 2.27. The molecule has 0 heterocycles. The zero-order chi connectivity index (χ0) is 13.5. The van der Waals surface area contributed by atoms with E-state index < -0.39 is 0 Å². The van der Waals surface area contributed by atoms with Gasteiger partial charge in [0.25, 0.3) is 5.91 Å². The van der Waals surface area contributed by atoms with Gasteiger partial charge in [0.05, 0.1) is 8.95 Å². The van der Waals surface area contributed by atoms with E-state index in [0.717, 1.165) is 21.8 Å². The third kappa shape index (κ3) is 4.86. The molecule has 0 aliphatic heterocycles. The summed E-state index contributed by atoms with van der Waals surface area (Å²) in [5.41, 5.74) is 6.29. The molecule has 0 aliphatic carbocycles. The molecule has 0 fully saturated rings. The van der Waals surface area contributed by atoms with Gasteiger partial charge in [0.15, 0.2) is 6.61 Å². The molecule has 0 spiro atoms. The van der Waals surface area contributed by atoms with Crippen LogP contribution in [0.1, 0.15) is 19.8 Å². The topological polar surface area (TPSA) is 64.3 Å². The van der Waals surface area contributed by atoms with Gasteiger partial charge in [-0.05, 0) is 50.4 Å². The van der Waals surface area contributed by atoms with Crippen molar-refractivity contribution in [3.8, 4) is 5.75 Å². The molecule has 100 valence electrons. The van der Waals surface area contributed by atoms with Crippen LogP contribution in [0.15, 0.2) is 21.1 Å². The number of nitrogens with one attached hydrogen (secondary N) is 1. The van der Waals surface area contributed by atoms with Gasteiger partial charge in [-0.2, -0.15) is 0 Å². The fourth-order valence-electron chi connectivity index (χ4n) is 1.31. The third-order valence-electron chi connectivity index (χ3n) is 2.22.